The first-order valence-corrected chi connectivity index (χ1v) is 3.84. The van der Waals surface area contributed by atoms with Gasteiger partial charge in [0.15, 0.2) is 0 Å². The van der Waals surface area contributed by atoms with E-state index in [2.05, 4.69) is 6.58 Å². The molecule has 1 aliphatic heterocycles. The molecule has 1 saturated heterocycles. The van der Waals surface area contributed by atoms with Crippen LogP contribution in [0.1, 0.15) is 13.8 Å². The first kappa shape index (κ1) is 8.34. The number of epoxide rings is 1. The summed E-state index contributed by atoms with van der Waals surface area (Å²) in [6, 6.07) is 0. The zero-order valence-electron chi connectivity index (χ0n) is 6.99. The minimum atomic E-state index is 0.200. The van der Waals surface area contributed by atoms with Gasteiger partial charge in [0.05, 0.1) is 12.4 Å². The summed E-state index contributed by atoms with van der Waals surface area (Å²) in [5.74, 6) is 0. The van der Waals surface area contributed by atoms with Crippen molar-refractivity contribution in [2.45, 2.75) is 32.2 Å². The third kappa shape index (κ3) is 2.76. The molecule has 0 saturated carbocycles. The molecule has 0 aromatic carbocycles. The van der Waals surface area contributed by atoms with Crippen molar-refractivity contribution in [1.29, 1.82) is 0 Å². The van der Waals surface area contributed by atoms with Crippen molar-refractivity contribution in [3.05, 3.63) is 25.0 Å². The highest BCUT2D eigenvalue weighted by molar-refractivity contribution is 5.07. The number of rotatable bonds is 4. The van der Waals surface area contributed by atoms with Gasteiger partial charge in [-0.1, -0.05) is 6.08 Å². The van der Waals surface area contributed by atoms with Crippen LogP contribution in [0.3, 0.4) is 0 Å². The van der Waals surface area contributed by atoms with Crippen LogP contribution in [0, 0.1) is 0 Å². The quantitative estimate of drug-likeness (QED) is 0.350. The Labute approximate surface area is 67.5 Å². The van der Waals surface area contributed by atoms with E-state index < -0.39 is 0 Å². The van der Waals surface area contributed by atoms with E-state index in [0.717, 1.165) is 0 Å². The summed E-state index contributed by atoms with van der Waals surface area (Å²) < 4.78 is 10.4. The zero-order valence-corrected chi connectivity index (χ0v) is 6.99. The van der Waals surface area contributed by atoms with Gasteiger partial charge in [-0.15, -0.1) is 6.58 Å². The fourth-order valence-corrected chi connectivity index (χ4v) is 0.761. The van der Waals surface area contributed by atoms with E-state index >= 15 is 0 Å². The molecule has 0 spiro atoms. The average molecular weight is 154 g/mol. The summed E-state index contributed by atoms with van der Waals surface area (Å²) in [5.41, 5.74) is 0. The number of hydrogen-bond donors (Lipinski definition) is 0. The highest BCUT2D eigenvalue weighted by Gasteiger charge is 2.33. The number of ether oxygens (including phenoxy) is 2. The summed E-state index contributed by atoms with van der Waals surface area (Å²) in [5, 5.41) is 0. The van der Waals surface area contributed by atoms with Crippen molar-refractivity contribution in [1.82, 2.24) is 0 Å². The van der Waals surface area contributed by atoms with Crippen LogP contribution in [0.25, 0.3) is 0 Å². The molecule has 1 fully saturated rings. The van der Waals surface area contributed by atoms with E-state index in [4.69, 9.17) is 9.47 Å². The highest BCUT2D eigenvalue weighted by Crippen LogP contribution is 2.23. The van der Waals surface area contributed by atoms with E-state index in [0.29, 0.717) is 0 Å². The van der Waals surface area contributed by atoms with Gasteiger partial charge in [0.2, 0.25) is 0 Å². The smallest absolute Gasteiger partial charge is 0.110 e. The molecular weight excluding hydrogens is 140 g/mol. The van der Waals surface area contributed by atoms with Gasteiger partial charge in [-0.2, -0.15) is 0 Å². The summed E-state index contributed by atoms with van der Waals surface area (Å²) in [7, 11) is 0. The molecule has 1 heterocycles. The van der Waals surface area contributed by atoms with Crippen LogP contribution < -0.4 is 0 Å². The van der Waals surface area contributed by atoms with Gasteiger partial charge in [-0.05, 0) is 19.9 Å². The maximum absolute atomic E-state index is 5.19. The summed E-state index contributed by atoms with van der Waals surface area (Å²) in [4.78, 5) is 0. The van der Waals surface area contributed by atoms with Crippen LogP contribution in [-0.4, -0.2) is 18.3 Å². The molecule has 1 rings (SSSR count). The van der Waals surface area contributed by atoms with Crippen molar-refractivity contribution >= 4 is 0 Å². The van der Waals surface area contributed by atoms with Gasteiger partial charge in [0.25, 0.3) is 0 Å². The summed E-state index contributed by atoms with van der Waals surface area (Å²) >= 11 is 0. The standard InChI is InChI=1S/C9H14O2/c1-4-8-9(11-8)5-6-10-7(2)3/h4-9H,1H2,2-3H3/b6-5+. The van der Waals surface area contributed by atoms with Gasteiger partial charge >= 0.3 is 0 Å². The SMILES string of the molecule is C=CC1OC1/C=C/OC(C)C. The van der Waals surface area contributed by atoms with Crippen LogP contribution in [0.2, 0.25) is 0 Å². The van der Waals surface area contributed by atoms with E-state index in [1.165, 1.54) is 0 Å². The van der Waals surface area contributed by atoms with Gasteiger partial charge < -0.3 is 9.47 Å². The van der Waals surface area contributed by atoms with Crippen LogP contribution in [0.5, 0.6) is 0 Å². The maximum Gasteiger partial charge on any atom is 0.110 e. The lowest BCUT2D eigenvalue weighted by Gasteiger charge is -2.01. The molecule has 2 heteroatoms. The summed E-state index contributed by atoms with van der Waals surface area (Å²) in [6.07, 6.45) is 6.05. The fraction of sp³-hybridized carbons (Fsp3) is 0.556. The molecule has 2 nitrogen and oxygen atoms in total. The van der Waals surface area contributed by atoms with E-state index in [-0.39, 0.29) is 18.3 Å². The van der Waals surface area contributed by atoms with Gasteiger partial charge in [0, 0.05) is 0 Å². The largest absolute Gasteiger partial charge is 0.499 e. The van der Waals surface area contributed by atoms with Crippen molar-refractivity contribution in [2.24, 2.45) is 0 Å². The third-order valence-corrected chi connectivity index (χ3v) is 1.41. The van der Waals surface area contributed by atoms with Crippen molar-refractivity contribution in [3.8, 4) is 0 Å². The molecule has 2 atom stereocenters. The first-order valence-electron chi connectivity index (χ1n) is 3.84. The second kappa shape index (κ2) is 3.58. The van der Waals surface area contributed by atoms with Crippen LogP contribution >= 0.6 is 0 Å². The fourth-order valence-electron chi connectivity index (χ4n) is 0.761. The average Bonchev–Trinajstić information content (AvgIpc) is 2.66. The third-order valence-electron chi connectivity index (χ3n) is 1.41. The minimum absolute atomic E-state index is 0.200. The lowest BCUT2D eigenvalue weighted by atomic mass is 10.3. The molecule has 0 bridgehead atoms. The highest BCUT2D eigenvalue weighted by atomic mass is 16.6. The molecule has 0 N–H and O–H groups in total. The zero-order chi connectivity index (χ0) is 8.27. The monoisotopic (exact) mass is 154 g/mol. The molecule has 11 heavy (non-hydrogen) atoms. The molecule has 0 aromatic rings. The van der Waals surface area contributed by atoms with Crippen LogP contribution in [-0.2, 0) is 9.47 Å². The predicted octanol–water partition coefficient (Wildman–Crippen LogP) is 1.88. The second-order valence-electron chi connectivity index (χ2n) is 2.81. The topological polar surface area (TPSA) is 21.8 Å². The molecule has 0 radical (unpaired) electrons. The Hall–Kier alpha value is -0.760. The Morgan fingerprint density at radius 3 is 2.64 bits per heavy atom. The molecular formula is C9H14O2. The van der Waals surface area contributed by atoms with E-state index in [1.807, 2.05) is 19.9 Å². The molecule has 62 valence electrons. The lowest BCUT2D eigenvalue weighted by molar-refractivity contribution is 0.178. The van der Waals surface area contributed by atoms with Gasteiger partial charge in [-0.3, -0.25) is 0 Å². The number of hydrogen-bond acceptors (Lipinski definition) is 2. The van der Waals surface area contributed by atoms with Gasteiger partial charge in [0.1, 0.15) is 12.2 Å². The van der Waals surface area contributed by atoms with Crippen molar-refractivity contribution in [2.75, 3.05) is 0 Å². The van der Waals surface area contributed by atoms with E-state index in [9.17, 15) is 0 Å². The van der Waals surface area contributed by atoms with Crippen LogP contribution in [0.4, 0.5) is 0 Å². The predicted molar refractivity (Wildman–Crippen MR) is 44.2 cm³/mol. The normalized spacial score (nSPS) is 29.4. The maximum atomic E-state index is 5.19. The Kier molecular flexibility index (Phi) is 2.71. The van der Waals surface area contributed by atoms with Crippen molar-refractivity contribution < 1.29 is 9.47 Å². The molecule has 0 aromatic heterocycles. The van der Waals surface area contributed by atoms with E-state index in [1.54, 1.807) is 12.3 Å². The molecule has 2 unspecified atom stereocenters. The first-order chi connectivity index (χ1) is 5.24. The lowest BCUT2D eigenvalue weighted by Crippen LogP contribution is -1.95. The minimum Gasteiger partial charge on any atom is -0.499 e. The molecule has 1 aliphatic rings. The van der Waals surface area contributed by atoms with Crippen molar-refractivity contribution in [3.63, 3.8) is 0 Å². The van der Waals surface area contributed by atoms with Gasteiger partial charge in [-0.25, -0.2) is 0 Å². The Morgan fingerprint density at radius 2 is 2.18 bits per heavy atom. The molecule has 0 amide bonds. The van der Waals surface area contributed by atoms with Crippen LogP contribution in [0.15, 0.2) is 25.0 Å². The summed E-state index contributed by atoms with van der Waals surface area (Å²) in [6.45, 7) is 7.59. The Bertz CT molecular complexity index is 161. The Balaban J connectivity index is 2.12. The molecule has 0 aliphatic carbocycles. The Morgan fingerprint density at radius 1 is 1.45 bits per heavy atom. The second-order valence-corrected chi connectivity index (χ2v) is 2.81.